The Morgan fingerprint density at radius 1 is 0.960 bits per heavy atom. The van der Waals surface area contributed by atoms with Gasteiger partial charge in [0.2, 0.25) is 0 Å². The van der Waals surface area contributed by atoms with Crippen LogP contribution in [-0.2, 0) is 5.60 Å². The van der Waals surface area contributed by atoms with Crippen LogP contribution in [0.25, 0.3) is 21.9 Å². The van der Waals surface area contributed by atoms with Crippen LogP contribution in [0.2, 0.25) is 0 Å². The molecule has 128 valence electrons. The molecule has 1 atom stereocenters. The van der Waals surface area contributed by atoms with Gasteiger partial charge in [0.1, 0.15) is 11.4 Å². The summed E-state index contributed by atoms with van der Waals surface area (Å²) in [5.74, 6) is 1.83. The molecule has 1 heterocycles. The first-order chi connectivity index (χ1) is 12.0. The Morgan fingerprint density at radius 2 is 1.76 bits per heavy atom. The Labute approximate surface area is 145 Å². The minimum absolute atomic E-state index is 0.511. The van der Waals surface area contributed by atoms with Crippen molar-refractivity contribution in [2.75, 3.05) is 21.3 Å². The molecule has 25 heavy (non-hydrogen) atoms. The topological polar surface area (TPSA) is 60.8 Å². The lowest BCUT2D eigenvalue weighted by atomic mass is 9.76. The smallest absolute Gasteiger partial charge is 0.167 e. The standard InChI is InChI=1S/C20H19NO4/c1-20(22)17-13(5-6-15(24-3)18(17)25-4)14-10-12(23-2)9-11-7-8-21-19(20)16(11)14/h5-10,22H,1-4H3. The maximum Gasteiger partial charge on any atom is 0.167 e. The normalized spacial score (nSPS) is 18.0. The first-order valence-corrected chi connectivity index (χ1v) is 7.98. The molecular formula is C20H19NO4. The number of aliphatic hydroxyl groups is 1. The molecule has 1 aliphatic rings. The van der Waals surface area contributed by atoms with Gasteiger partial charge in [0.05, 0.1) is 27.0 Å². The molecule has 1 unspecified atom stereocenters. The molecule has 4 rings (SSSR count). The van der Waals surface area contributed by atoms with E-state index in [0.29, 0.717) is 22.8 Å². The highest BCUT2D eigenvalue weighted by Gasteiger charge is 2.40. The number of nitrogens with zero attached hydrogens (tertiary/aromatic N) is 1. The lowest BCUT2D eigenvalue weighted by Crippen LogP contribution is -2.29. The molecule has 2 aromatic carbocycles. The highest BCUT2D eigenvalue weighted by Crippen LogP contribution is 2.53. The molecule has 0 radical (unpaired) electrons. The van der Waals surface area contributed by atoms with E-state index in [9.17, 15) is 5.11 Å². The van der Waals surface area contributed by atoms with E-state index in [-0.39, 0.29) is 0 Å². The van der Waals surface area contributed by atoms with Crippen molar-refractivity contribution in [1.29, 1.82) is 0 Å². The van der Waals surface area contributed by atoms with Gasteiger partial charge in [-0.25, -0.2) is 0 Å². The molecular weight excluding hydrogens is 318 g/mol. The van der Waals surface area contributed by atoms with E-state index in [1.54, 1.807) is 34.4 Å². The zero-order chi connectivity index (χ0) is 17.8. The minimum Gasteiger partial charge on any atom is -0.497 e. The number of rotatable bonds is 3. The van der Waals surface area contributed by atoms with Crippen LogP contribution < -0.4 is 14.2 Å². The highest BCUT2D eigenvalue weighted by atomic mass is 16.5. The van der Waals surface area contributed by atoms with Gasteiger partial charge >= 0.3 is 0 Å². The maximum atomic E-state index is 11.4. The number of aromatic nitrogens is 1. The predicted octanol–water partition coefficient (Wildman–Crippen LogP) is 3.50. The Hall–Kier alpha value is -2.79. The van der Waals surface area contributed by atoms with Crippen LogP contribution in [0.15, 0.2) is 36.5 Å². The molecule has 0 spiro atoms. The molecule has 0 fully saturated rings. The summed E-state index contributed by atoms with van der Waals surface area (Å²) in [7, 11) is 4.80. The Kier molecular flexibility index (Phi) is 3.37. The zero-order valence-corrected chi connectivity index (χ0v) is 14.6. The van der Waals surface area contributed by atoms with Crippen molar-refractivity contribution >= 4 is 10.8 Å². The van der Waals surface area contributed by atoms with Crippen molar-refractivity contribution in [2.45, 2.75) is 12.5 Å². The number of benzene rings is 2. The van der Waals surface area contributed by atoms with E-state index in [4.69, 9.17) is 14.2 Å². The molecule has 0 amide bonds. The highest BCUT2D eigenvalue weighted by molar-refractivity contribution is 6.03. The van der Waals surface area contributed by atoms with Crippen molar-refractivity contribution in [3.8, 4) is 28.4 Å². The van der Waals surface area contributed by atoms with E-state index in [1.807, 2.05) is 30.3 Å². The second kappa shape index (κ2) is 5.36. The molecule has 1 aliphatic carbocycles. The third-order valence-electron chi connectivity index (χ3n) is 4.86. The predicted molar refractivity (Wildman–Crippen MR) is 95.5 cm³/mol. The average Bonchev–Trinajstić information content (AvgIpc) is 2.64. The van der Waals surface area contributed by atoms with Gasteiger partial charge in [0, 0.05) is 17.1 Å². The van der Waals surface area contributed by atoms with Gasteiger partial charge < -0.3 is 19.3 Å². The van der Waals surface area contributed by atoms with Crippen molar-refractivity contribution in [1.82, 2.24) is 4.98 Å². The van der Waals surface area contributed by atoms with E-state index >= 15 is 0 Å². The number of hydrogen-bond donors (Lipinski definition) is 1. The van der Waals surface area contributed by atoms with Crippen LogP contribution in [0.3, 0.4) is 0 Å². The molecule has 1 N–H and O–H groups in total. The fourth-order valence-electron chi connectivity index (χ4n) is 3.74. The van der Waals surface area contributed by atoms with Gasteiger partial charge in [-0.15, -0.1) is 0 Å². The summed E-state index contributed by atoms with van der Waals surface area (Å²) in [4.78, 5) is 4.49. The second-order valence-corrected chi connectivity index (χ2v) is 6.23. The number of ether oxygens (including phenoxy) is 3. The van der Waals surface area contributed by atoms with Crippen LogP contribution in [-0.4, -0.2) is 31.4 Å². The zero-order valence-electron chi connectivity index (χ0n) is 14.6. The third-order valence-corrected chi connectivity index (χ3v) is 4.86. The number of hydrogen-bond acceptors (Lipinski definition) is 5. The van der Waals surface area contributed by atoms with Gasteiger partial charge in [-0.05, 0) is 53.8 Å². The van der Waals surface area contributed by atoms with E-state index < -0.39 is 5.60 Å². The van der Waals surface area contributed by atoms with Crippen molar-refractivity contribution in [3.63, 3.8) is 0 Å². The largest absolute Gasteiger partial charge is 0.497 e. The summed E-state index contributed by atoms with van der Waals surface area (Å²) < 4.78 is 16.5. The fraction of sp³-hybridized carbons (Fsp3) is 0.250. The minimum atomic E-state index is -1.31. The summed E-state index contributed by atoms with van der Waals surface area (Å²) in [6.45, 7) is 1.74. The number of fused-ring (bicyclic) bond motifs is 2. The third kappa shape index (κ3) is 2.02. The first kappa shape index (κ1) is 15.7. The van der Waals surface area contributed by atoms with Crippen LogP contribution >= 0.6 is 0 Å². The molecule has 5 heteroatoms. The molecule has 0 bridgehead atoms. The Balaban J connectivity index is 2.21. The van der Waals surface area contributed by atoms with Crippen LogP contribution in [0.4, 0.5) is 0 Å². The lowest BCUT2D eigenvalue weighted by Gasteiger charge is -2.34. The van der Waals surface area contributed by atoms with E-state index in [0.717, 1.165) is 27.6 Å². The number of pyridine rings is 1. The molecule has 5 nitrogen and oxygen atoms in total. The lowest BCUT2D eigenvalue weighted by molar-refractivity contribution is 0.0952. The van der Waals surface area contributed by atoms with Crippen molar-refractivity contribution < 1.29 is 19.3 Å². The summed E-state index contributed by atoms with van der Waals surface area (Å²) in [6.07, 6.45) is 1.70. The number of methoxy groups -OCH3 is 3. The van der Waals surface area contributed by atoms with Gasteiger partial charge in [-0.3, -0.25) is 4.98 Å². The van der Waals surface area contributed by atoms with Crippen LogP contribution in [0.1, 0.15) is 18.2 Å². The van der Waals surface area contributed by atoms with Gasteiger partial charge in [-0.2, -0.15) is 0 Å². The van der Waals surface area contributed by atoms with Gasteiger partial charge in [-0.1, -0.05) is 0 Å². The Morgan fingerprint density at radius 3 is 2.44 bits per heavy atom. The summed E-state index contributed by atoms with van der Waals surface area (Å²) >= 11 is 0. The second-order valence-electron chi connectivity index (χ2n) is 6.23. The van der Waals surface area contributed by atoms with Gasteiger partial charge in [0.25, 0.3) is 0 Å². The SMILES string of the molecule is COc1cc2c3c(nccc3c1)C(C)(O)c1c-2ccc(OC)c1OC. The summed E-state index contributed by atoms with van der Waals surface area (Å²) in [5, 5.41) is 13.3. The molecule has 1 aromatic heterocycles. The molecule has 0 saturated heterocycles. The fourth-order valence-corrected chi connectivity index (χ4v) is 3.74. The Bertz CT molecular complexity index is 995. The van der Waals surface area contributed by atoms with Gasteiger partial charge in [0.15, 0.2) is 11.5 Å². The van der Waals surface area contributed by atoms with E-state index in [1.165, 1.54) is 0 Å². The van der Waals surface area contributed by atoms with Crippen LogP contribution in [0, 0.1) is 0 Å². The molecule has 3 aromatic rings. The molecule has 0 saturated carbocycles. The van der Waals surface area contributed by atoms with Crippen molar-refractivity contribution in [3.05, 3.63) is 47.8 Å². The summed E-state index contributed by atoms with van der Waals surface area (Å²) in [5.41, 5.74) is 1.78. The monoisotopic (exact) mass is 337 g/mol. The average molecular weight is 337 g/mol. The maximum absolute atomic E-state index is 11.4. The van der Waals surface area contributed by atoms with Crippen LogP contribution in [0.5, 0.6) is 17.2 Å². The van der Waals surface area contributed by atoms with E-state index in [2.05, 4.69) is 4.98 Å². The first-order valence-electron chi connectivity index (χ1n) is 7.98. The van der Waals surface area contributed by atoms with Crippen molar-refractivity contribution in [2.24, 2.45) is 0 Å². The molecule has 0 aliphatic heterocycles. The summed E-state index contributed by atoms with van der Waals surface area (Å²) in [6, 6.07) is 9.63. The quantitative estimate of drug-likeness (QED) is 0.793.